The van der Waals surface area contributed by atoms with E-state index >= 15 is 0 Å². The summed E-state index contributed by atoms with van der Waals surface area (Å²) in [6, 6.07) is 10.9. The Bertz CT molecular complexity index is 1030. The van der Waals surface area contributed by atoms with Gasteiger partial charge in [0.25, 0.3) is 0 Å². The largest absolute Gasteiger partial charge is 0.339 e. The van der Waals surface area contributed by atoms with Crippen molar-refractivity contribution in [3.63, 3.8) is 0 Å². The summed E-state index contributed by atoms with van der Waals surface area (Å²) < 4.78 is 5.21. The first-order valence-electron chi connectivity index (χ1n) is 9.54. The average Bonchev–Trinajstić information content (AvgIpc) is 3.48. The highest BCUT2D eigenvalue weighted by atomic mass is 16.5. The molecule has 1 aromatic carbocycles. The Morgan fingerprint density at radius 1 is 1.17 bits per heavy atom. The molecule has 29 heavy (non-hydrogen) atoms. The molecular weight excluding hydrogens is 370 g/mol. The number of hydrogen-bond donors (Lipinski definition) is 2. The molecule has 3 aromatic rings. The van der Waals surface area contributed by atoms with Crippen molar-refractivity contribution >= 4 is 23.2 Å². The summed E-state index contributed by atoms with van der Waals surface area (Å²) in [6.45, 7) is 1.90. The van der Waals surface area contributed by atoms with Crippen LogP contribution in [-0.2, 0) is 16.0 Å². The molecule has 8 nitrogen and oxygen atoms in total. The predicted molar refractivity (Wildman–Crippen MR) is 107 cm³/mol. The topological polar surface area (TPSA) is 110 Å². The lowest BCUT2D eigenvalue weighted by Gasteiger charge is -2.11. The number of aromatic nitrogens is 3. The molecule has 0 bridgehead atoms. The highest BCUT2D eigenvalue weighted by molar-refractivity contribution is 5.96. The van der Waals surface area contributed by atoms with E-state index in [-0.39, 0.29) is 24.2 Å². The molecule has 2 aromatic heterocycles. The van der Waals surface area contributed by atoms with Crippen molar-refractivity contribution in [1.29, 1.82) is 0 Å². The number of aryl methyl sites for hydroxylation is 2. The molecule has 1 aliphatic carbocycles. The molecule has 2 N–H and O–H groups in total. The Morgan fingerprint density at radius 2 is 2.03 bits per heavy atom. The number of nitrogens with one attached hydrogen (secondary N) is 2. The fourth-order valence-corrected chi connectivity index (χ4v) is 2.81. The number of pyridine rings is 1. The summed E-state index contributed by atoms with van der Waals surface area (Å²) >= 11 is 0. The number of nitrogens with zero attached hydrogens (tertiary/aromatic N) is 3. The minimum atomic E-state index is -0.170. The molecular formula is C21H21N5O3. The number of benzene rings is 1. The summed E-state index contributed by atoms with van der Waals surface area (Å²) in [5, 5.41) is 9.68. The summed E-state index contributed by atoms with van der Waals surface area (Å²) in [5.41, 5.74) is 2.88. The normalized spacial score (nSPS) is 13.1. The van der Waals surface area contributed by atoms with Crippen molar-refractivity contribution < 1.29 is 14.1 Å². The van der Waals surface area contributed by atoms with E-state index in [1.165, 1.54) is 0 Å². The van der Waals surface area contributed by atoms with Crippen LogP contribution < -0.4 is 10.6 Å². The maximum Gasteiger partial charge on any atom is 0.227 e. The summed E-state index contributed by atoms with van der Waals surface area (Å²) in [6.07, 6.45) is 4.06. The van der Waals surface area contributed by atoms with E-state index < -0.39 is 0 Å². The summed E-state index contributed by atoms with van der Waals surface area (Å²) in [4.78, 5) is 32.7. The highest BCUT2D eigenvalue weighted by Crippen LogP contribution is 2.30. The number of carbonyl (C=O) groups excluding carboxylic acids is 2. The Kier molecular flexibility index (Phi) is 5.33. The zero-order valence-corrected chi connectivity index (χ0v) is 16.0. The maximum absolute atomic E-state index is 12.4. The van der Waals surface area contributed by atoms with Crippen LogP contribution in [0.4, 0.5) is 11.4 Å². The Labute approximate surface area is 167 Å². The van der Waals surface area contributed by atoms with Crippen molar-refractivity contribution in [3.05, 3.63) is 54.0 Å². The lowest BCUT2D eigenvalue weighted by atomic mass is 10.1. The first-order valence-corrected chi connectivity index (χ1v) is 9.54. The molecule has 1 saturated carbocycles. The fraction of sp³-hybridized carbons (Fsp3) is 0.286. The van der Waals surface area contributed by atoms with Gasteiger partial charge in [0.1, 0.15) is 5.69 Å². The molecule has 0 unspecified atom stereocenters. The predicted octanol–water partition coefficient (Wildman–Crippen LogP) is 3.36. The lowest BCUT2D eigenvalue weighted by molar-refractivity contribution is -0.117. The minimum Gasteiger partial charge on any atom is -0.339 e. The Hall–Kier alpha value is -3.55. The van der Waals surface area contributed by atoms with E-state index in [2.05, 4.69) is 25.8 Å². The molecule has 0 atom stereocenters. The highest BCUT2D eigenvalue weighted by Gasteiger charge is 2.29. The van der Waals surface area contributed by atoms with Crippen LogP contribution in [0.15, 0.2) is 47.1 Å². The first-order chi connectivity index (χ1) is 14.1. The third kappa shape index (κ3) is 4.84. The molecule has 148 valence electrons. The van der Waals surface area contributed by atoms with E-state index in [0.717, 1.165) is 18.4 Å². The maximum atomic E-state index is 12.4. The summed E-state index contributed by atoms with van der Waals surface area (Å²) in [7, 11) is 0. The number of anilines is 2. The van der Waals surface area contributed by atoms with E-state index in [4.69, 9.17) is 4.52 Å². The zero-order chi connectivity index (χ0) is 20.2. The van der Waals surface area contributed by atoms with Crippen LogP contribution in [0.2, 0.25) is 0 Å². The van der Waals surface area contributed by atoms with Crippen molar-refractivity contribution in [2.45, 2.75) is 32.6 Å². The van der Waals surface area contributed by atoms with Crippen molar-refractivity contribution in [1.82, 2.24) is 15.1 Å². The van der Waals surface area contributed by atoms with Gasteiger partial charge in [-0.05, 0) is 49.6 Å². The molecule has 2 heterocycles. The Morgan fingerprint density at radius 3 is 2.79 bits per heavy atom. The summed E-state index contributed by atoms with van der Waals surface area (Å²) in [5.74, 6) is 0.765. The molecule has 0 saturated heterocycles. The molecule has 0 radical (unpaired) electrons. The molecule has 0 aliphatic heterocycles. The van der Waals surface area contributed by atoms with Gasteiger partial charge < -0.3 is 15.2 Å². The van der Waals surface area contributed by atoms with Crippen LogP contribution in [0.3, 0.4) is 0 Å². The average molecular weight is 391 g/mol. The van der Waals surface area contributed by atoms with Crippen LogP contribution in [0.5, 0.6) is 0 Å². The van der Waals surface area contributed by atoms with E-state index in [1.807, 2.05) is 31.2 Å². The van der Waals surface area contributed by atoms with Crippen LogP contribution >= 0.6 is 0 Å². The van der Waals surface area contributed by atoms with Gasteiger partial charge in [-0.3, -0.25) is 14.6 Å². The van der Waals surface area contributed by atoms with Crippen LogP contribution in [0.25, 0.3) is 11.5 Å². The third-order valence-corrected chi connectivity index (χ3v) is 4.66. The van der Waals surface area contributed by atoms with Crippen LogP contribution in [0.1, 0.15) is 30.7 Å². The van der Waals surface area contributed by atoms with Crippen molar-refractivity contribution in [2.24, 2.45) is 5.92 Å². The molecule has 2 amide bonds. The molecule has 4 rings (SSSR count). The SMILES string of the molecule is Cc1ccc(NC(=O)C2CC2)cc1NC(=O)CCc1nc(-c2ccccn2)no1. The fourth-order valence-electron chi connectivity index (χ4n) is 2.81. The number of carbonyl (C=O) groups is 2. The second-order valence-corrected chi connectivity index (χ2v) is 7.07. The monoisotopic (exact) mass is 391 g/mol. The standard InChI is InChI=1S/C21H21N5O3/c1-13-5-8-15(23-21(28)14-6-7-14)12-17(13)24-18(27)9-10-19-25-20(26-29-19)16-4-2-3-11-22-16/h2-5,8,11-12,14H,6-7,9-10H2,1H3,(H,23,28)(H,24,27). The van der Waals surface area contributed by atoms with Gasteiger partial charge in [-0.1, -0.05) is 17.3 Å². The molecule has 0 spiro atoms. The van der Waals surface area contributed by atoms with Crippen molar-refractivity contribution in [3.8, 4) is 11.5 Å². The lowest BCUT2D eigenvalue weighted by Crippen LogP contribution is -2.15. The van der Waals surface area contributed by atoms with Gasteiger partial charge in [0.15, 0.2) is 0 Å². The van der Waals surface area contributed by atoms with Crippen LogP contribution in [-0.4, -0.2) is 26.9 Å². The van der Waals surface area contributed by atoms with E-state index in [1.54, 1.807) is 18.3 Å². The smallest absolute Gasteiger partial charge is 0.227 e. The van der Waals surface area contributed by atoms with Gasteiger partial charge in [-0.25, -0.2) is 0 Å². The molecule has 1 fully saturated rings. The van der Waals surface area contributed by atoms with Gasteiger partial charge in [0, 0.05) is 36.3 Å². The quantitative estimate of drug-likeness (QED) is 0.639. The zero-order valence-electron chi connectivity index (χ0n) is 16.0. The van der Waals surface area contributed by atoms with Gasteiger partial charge in [-0.15, -0.1) is 0 Å². The van der Waals surface area contributed by atoms with Gasteiger partial charge in [-0.2, -0.15) is 4.98 Å². The van der Waals surface area contributed by atoms with Gasteiger partial charge in [0.2, 0.25) is 23.5 Å². The Balaban J connectivity index is 1.34. The first kappa shape index (κ1) is 18.8. The second kappa shape index (κ2) is 8.22. The number of amides is 2. The van der Waals surface area contributed by atoms with E-state index in [9.17, 15) is 9.59 Å². The number of rotatable bonds is 7. The minimum absolute atomic E-state index is 0.0335. The molecule has 8 heteroatoms. The number of hydrogen-bond acceptors (Lipinski definition) is 6. The molecule has 1 aliphatic rings. The third-order valence-electron chi connectivity index (χ3n) is 4.66. The van der Waals surface area contributed by atoms with Gasteiger partial charge >= 0.3 is 0 Å². The van der Waals surface area contributed by atoms with Crippen molar-refractivity contribution in [2.75, 3.05) is 10.6 Å². The second-order valence-electron chi connectivity index (χ2n) is 7.07. The van der Waals surface area contributed by atoms with Gasteiger partial charge in [0.05, 0.1) is 0 Å². The van der Waals surface area contributed by atoms with Crippen LogP contribution in [0, 0.1) is 12.8 Å². The van der Waals surface area contributed by atoms with E-state index in [0.29, 0.717) is 35.2 Å².